The van der Waals surface area contributed by atoms with Crippen molar-refractivity contribution in [3.05, 3.63) is 29.8 Å². The minimum absolute atomic E-state index is 0.133. The minimum Gasteiger partial charge on any atom is -0.322 e. The van der Waals surface area contributed by atoms with Gasteiger partial charge in [-0.3, -0.25) is 4.98 Å². The van der Waals surface area contributed by atoms with Gasteiger partial charge in [-0.05, 0) is 29.9 Å². The third kappa shape index (κ3) is 3.51. The molecular weight excluding hydrogens is 241 g/mol. The van der Waals surface area contributed by atoms with E-state index >= 15 is 0 Å². The quantitative estimate of drug-likeness (QED) is 0.909. The molecule has 2 heterocycles. The summed E-state index contributed by atoms with van der Waals surface area (Å²) in [7, 11) is 0. The highest BCUT2D eigenvalue weighted by Gasteiger charge is 2.28. The van der Waals surface area contributed by atoms with Crippen molar-refractivity contribution in [2.24, 2.45) is 23.5 Å². The zero-order chi connectivity index (χ0) is 14.0. The molecule has 0 aromatic carbocycles. The Bertz CT molecular complexity index is 396. The van der Waals surface area contributed by atoms with Gasteiger partial charge >= 0.3 is 0 Å². The van der Waals surface area contributed by atoms with E-state index in [2.05, 4.69) is 30.7 Å². The first-order valence-corrected chi connectivity index (χ1v) is 7.06. The number of likely N-dealkylation sites (tertiary alicyclic amines) is 1. The molecule has 19 heavy (non-hydrogen) atoms. The van der Waals surface area contributed by atoms with Crippen molar-refractivity contribution in [3.8, 4) is 0 Å². The highest BCUT2D eigenvalue weighted by molar-refractivity contribution is 5.10. The van der Waals surface area contributed by atoms with Crippen LogP contribution in [0.3, 0.4) is 0 Å². The molecule has 2 rings (SSSR count). The molecule has 1 saturated heterocycles. The maximum absolute atomic E-state index is 12.9. The number of rotatable bonds is 4. The highest BCUT2D eigenvalue weighted by Crippen LogP contribution is 2.25. The van der Waals surface area contributed by atoms with Gasteiger partial charge in [0.2, 0.25) is 0 Å². The Morgan fingerprint density at radius 1 is 1.37 bits per heavy atom. The van der Waals surface area contributed by atoms with Crippen LogP contribution in [0.4, 0.5) is 4.39 Å². The third-order valence-electron chi connectivity index (χ3n) is 4.31. The Balaban J connectivity index is 1.92. The number of nitrogens with two attached hydrogens (primary N) is 1. The molecule has 0 radical (unpaired) electrons. The van der Waals surface area contributed by atoms with Gasteiger partial charge in [-0.1, -0.05) is 20.8 Å². The first-order chi connectivity index (χ1) is 8.97. The van der Waals surface area contributed by atoms with Crippen molar-refractivity contribution >= 4 is 0 Å². The second-order valence-electron chi connectivity index (χ2n) is 6.08. The standard InChI is InChI=1S/C15H24FN3/c1-10-7-19(8-11(10)2)9-12(3)15(17)14-5-4-13(16)6-18-14/h4-6,10-12,15H,7-9,17H2,1-3H3. The Kier molecular flexibility index (Phi) is 4.53. The van der Waals surface area contributed by atoms with E-state index in [0.29, 0.717) is 5.92 Å². The van der Waals surface area contributed by atoms with Crippen LogP contribution >= 0.6 is 0 Å². The minimum atomic E-state index is -0.314. The SMILES string of the molecule is CC1CN(CC(C)C(N)c2ccc(F)cn2)CC1C. The van der Waals surface area contributed by atoms with Crippen molar-refractivity contribution in [2.75, 3.05) is 19.6 Å². The highest BCUT2D eigenvalue weighted by atomic mass is 19.1. The van der Waals surface area contributed by atoms with E-state index < -0.39 is 0 Å². The molecule has 0 aliphatic carbocycles. The van der Waals surface area contributed by atoms with Crippen LogP contribution in [0.25, 0.3) is 0 Å². The topological polar surface area (TPSA) is 42.1 Å². The largest absolute Gasteiger partial charge is 0.322 e. The monoisotopic (exact) mass is 265 g/mol. The molecule has 0 bridgehead atoms. The van der Waals surface area contributed by atoms with Gasteiger partial charge in [0, 0.05) is 19.6 Å². The molecule has 3 nitrogen and oxygen atoms in total. The van der Waals surface area contributed by atoms with Crippen molar-refractivity contribution in [2.45, 2.75) is 26.8 Å². The van der Waals surface area contributed by atoms with Crippen LogP contribution in [0, 0.1) is 23.6 Å². The van der Waals surface area contributed by atoms with Gasteiger partial charge in [0.25, 0.3) is 0 Å². The Hall–Kier alpha value is -1.00. The number of aromatic nitrogens is 1. The van der Waals surface area contributed by atoms with E-state index in [9.17, 15) is 4.39 Å². The number of hydrogen-bond donors (Lipinski definition) is 1. The lowest BCUT2D eigenvalue weighted by molar-refractivity contribution is 0.255. The maximum Gasteiger partial charge on any atom is 0.141 e. The van der Waals surface area contributed by atoms with E-state index in [-0.39, 0.29) is 11.9 Å². The Morgan fingerprint density at radius 3 is 2.53 bits per heavy atom. The molecule has 0 spiro atoms. The van der Waals surface area contributed by atoms with Crippen LogP contribution < -0.4 is 5.73 Å². The number of halogens is 1. The second kappa shape index (κ2) is 5.97. The lowest BCUT2D eigenvalue weighted by atomic mass is 9.98. The van der Waals surface area contributed by atoms with Crippen LogP contribution in [0.1, 0.15) is 32.5 Å². The Morgan fingerprint density at radius 2 is 2.00 bits per heavy atom. The summed E-state index contributed by atoms with van der Waals surface area (Å²) in [6.45, 7) is 10.0. The number of hydrogen-bond acceptors (Lipinski definition) is 3. The van der Waals surface area contributed by atoms with Crippen molar-refractivity contribution in [1.82, 2.24) is 9.88 Å². The first kappa shape index (κ1) is 14.4. The molecule has 1 fully saturated rings. The van der Waals surface area contributed by atoms with Crippen LogP contribution in [-0.2, 0) is 0 Å². The van der Waals surface area contributed by atoms with Gasteiger partial charge in [0.15, 0.2) is 0 Å². The van der Waals surface area contributed by atoms with Crippen molar-refractivity contribution in [1.29, 1.82) is 0 Å². The van der Waals surface area contributed by atoms with Crippen molar-refractivity contribution < 1.29 is 4.39 Å². The van der Waals surface area contributed by atoms with E-state index in [1.807, 2.05) is 0 Å². The molecule has 4 atom stereocenters. The van der Waals surface area contributed by atoms with Gasteiger partial charge in [-0.2, -0.15) is 0 Å². The zero-order valence-electron chi connectivity index (χ0n) is 12.0. The summed E-state index contributed by atoms with van der Waals surface area (Å²) in [5, 5.41) is 0. The second-order valence-corrected chi connectivity index (χ2v) is 6.08. The normalized spacial score (nSPS) is 27.4. The molecule has 0 saturated carbocycles. The molecule has 0 amide bonds. The molecular formula is C15H24FN3. The smallest absolute Gasteiger partial charge is 0.141 e. The van der Waals surface area contributed by atoms with E-state index in [1.54, 1.807) is 6.07 Å². The van der Waals surface area contributed by atoms with E-state index in [1.165, 1.54) is 12.3 Å². The van der Waals surface area contributed by atoms with Crippen LogP contribution in [-0.4, -0.2) is 29.5 Å². The van der Waals surface area contributed by atoms with Gasteiger partial charge in [-0.15, -0.1) is 0 Å². The molecule has 1 aliphatic heterocycles. The fourth-order valence-corrected chi connectivity index (χ4v) is 2.79. The van der Waals surface area contributed by atoms with Crippen LogP contribution in [0.15, 0.2) is 18.3 Å². The Labute approximate surface area is 115 Å². The fraction of sp³-hybridized carbons (Fsp3) is 0.667. The molecule has 1 aliphatic rings. The summed E-state index contributed by atoms with van der Waals surface area (Å²) in [6.07, 6.45) is 1.24. The summed E-state index contributed by atoms with van der Waals surface area (Å²) in [6, 6.07) is 2.98. The van der Waals surface area contributed by atoms with Gasteiger partial charge in [0.1, 0.15) is 5.82 Å². The summed E-state index contributed by atoms with van der Waals surface area (Å²) in [5.74, 6) is 1.51. The van der Waals surface area contributed by atoms with E-state index in [4.69, 9.17) is 5.73 Å². The summed E-state index contributed by atoms with van der Waals surface area (Å²) in [5.41, 5.74) is 7.00. The van der Waals surface area contributed by atoms with Gasteiger partial charge < -0.3 is 10.6 Å². The number of pyridine rings is 1. The lowest BCUT2D eigenvalue weighted by Gasteiger charge is -2.25. The summed E-state index contributed by atoms with van der Waals surface area (Å²) >= 11 is 0. The zero-order valence-corrected chi connectivity index (χ0v) is 12.0. The van der Waals surface area contributed by atoms with Gasteiger partial charge in [0.05, 0.1) is 17.9 Å². The molecule has 2 N–H and O–H groups in total. The van der Waals surface area contributed by atoms with Crippen LogP contribution in [0.5, 0.6) is 0 Å². The van der Waals surface area contributed by atoms with Gasteiger partial charge in [-0.25, -0.2) is 4.39 Å². The average Bonchev–Trinajstić information content (AvgIpc) is 2.68. The average molecular weight is 265 g/mol. The molecule has 1 aromatic rings. The predicted octanol–water partition coefficient (Wildman–Crippen LogP) is 2.44. The maximum atomic E-state index is 12.9. The fourth-order valence-electron chi connectivity index (χ4n) is 2.79. The first-order valence-electron chi connectivity index (χ1n) is 7.06. The number of nitrogens with zero attached hydrogens (tertiary/aromatic N) is 2. The third-order valence-corrected chi connectivity index (χ3v) is 4.31. The van der Waals surface area contributed by atoms with Crippen molar-refractivity contribution in [3.63, 3.8) is 0 Å². The molecule has 4 unspecified atom stereocenters. The molecule has 4 heteroatoms. The summed E-state index contributed by atoms with van der Waals surface area (Å²) < 4.78 is 12.9. The lowest BCUT2D eigenvalue weighted by Crippen LogP contribution is -2.32. The molecule has 106 valence electrons. The van der Waals surface area contributed by atoms with E-state index in [0.717, 1.165) is 37.2 Å². The molecule has 1 aromatic heterocycles. The predicted molar refractivity (Wildman–Crippen MR) is 75.1 cm³/mol. The summed E-state index contributed by atoms with van der Waals surface area (Å²) in [4.78, 5) is 6.56. The van der Waals surface area contributed by atoms with Crippen LogP contribution in [0.2, 0.25) is 0 Å².